The molecule has 2 bridgehead atoms. The van der Waals surface area contributed by atoms with E-state index in [0.29, 0.717) is 11.7 Å². The topological polar surface area (TPSA) is 52.5 Å². The third-order valence-corrected chi connectivity index (χ3v) is 4.31. The van der Waals surface area contributed by atoms with Gasteiger partial charge in [-0.15, -0.1) is 0 Å². The fraction of sp³-hybridized carbons (Fsp3) is 0.692. The molecule has 2 atom stereocenters. The van der Waals surface area contributed by atoms with Gasteiger partial charge in [0, 0.05) is 25.2 Å². The summed E-state index contributed by atoms with van der Waals surface area (Å²) in [5.74, 6) is 0.905. The molecule has 3 rings (SSSR count). The molecule has 0 radical (unpaired) electrons. The molecule has 5 heteroatoms. The fourth-order valence-electron chi connectivity index (χ4n) is 3.14. The fourth-order valence-corrected chi connectivity index (χ4v) is 3.14. The second-order valence-corrected chi connectivity index (χ2v) is 5.31. The van der Waals surface area contributed by atoms with E-state index in [1.807, 2.05) is 0 Å². The minimum Gasteiger partial charge on any atom is -0.390 e. The second-order valence-electron chi connectivity index (χ2n) is 5.31. The van der Waals surface area contributed by atoms with Gasteiger partial charge in [0.25, 0.3) is 0 Å². The average molecular weight is 248 g/mol. The van der Waals surface area contributed by atoms with Crippen molar-refractivity contribution in [3.05, 3.63) is 18.1 Å². The molecule has 1 aromatic heterocycles. The molecule has 5 nitrogen and oxygen atoms in total. The molecule has 0 saturated carbocycles. The Morgan fingerprint density at radius 1 is 1.28 bits per heavy atom. The number of anilines is 1. The highest BCUT2D eigenvalue weighted by molar-refractivity contribution is 5.37. The Labute approximate surface area is 107 Å². The maximum Gasteiger partial charge on any atom is 0.147 e. The lowest BCUT2D eigenvalue weighted by atomic mass is 10.1. The van der Waals surface area contributed by atoms with E-state index in [1.54, 1.807) is 12.4 Å². The number of rotatable bonds is 2. The lowest BCUT2D eigenvalue weighted by Crippen LogP contribution is -2.37. The maximum atomic E-state index is 9.13. The molecule has 0 amide bonds. The van der Waals surface area contributed by atoms with Crippen molar-refractivity contribution in [3.63, 3.8) is 0 Å². The summed E-state index contributed by atoms with van der Waals surface area (Å²) in [6.45, 7) is 2.02. The van der Waals surface area contributed by atoms with Gasteiger partial charge >= 0.3 is 0 Å². The first-order valence-corrected chi connectivity index (χ1v) is 6.66. The predicted octanol–water partition coefficient (Wildman–Crippen LogP) is 0.642. The molecule has 3 heterocycles. The maximum absolute atomic E-state index is 9.13. The first-order chi connectivity index (χ1) is 8.78. The van der Waals surface area contributed by atoms with E-state index in [-0.39, 0.29) is 6.61 Å². The van der Waals surface area contributed by atoms with Crippen molar-refractivity contribution < 1.29 is 5.11 Å². The molecule has 2 aliphatic heterocycles. The van der Waals surface area contributed by atoms with Gasteiger partial charge in [-0.05, 0) is 26.3 Å². The number of hydrogen-bond donors (Lipinski definition) is 1. The molecule has 98 valence electrons. The van der Waals surface area contributed by atoms with Gasteiger partial charge in [0.05, 0.1) is 24.7 Å². The van der Waals surface area contributed by atoms with E-state index >= 15 is 0 Å². The average Bonchev–Trinajstić information content (AvgIpc) is 2.63. The number of hydrogen-bond acceptors (Lipinski definition) is 5. The molecule has 2 aliphatic rings. The predicted molar refractivity (Wildman–Crippen MR) is 69.4 cm³/mol. The van der Waals surface area contributed by atoms with Crippen LogP contribution in [0.3, 0.4) is 0 Å². The van der Waals surface area contributed by atoms with Crippen LogP contribution in [0.2, 0.25) is 0 Å². The van der Waals surface area contributed by atoms with Crippen molar-refractivity contribution in [3.8, 4) is 0 Å². The summed E-state index contributed by atoms with van der Waals surface area (Å²) in [5.41, 5.74) is 0.648. The first kappa shape index (κ1) is 11.9. The molecule has 2 saturated heterocycles. The highest BCUT2D eigenvalue weighted by atomic mass is 16.3. The van der Waals surface area contributed by atoms with E-state index < -0.39 is 0 Å². The van der Waals surface area contributed by atoms with Gasteiger partial charge in [0.1, 0.15) is 5.82 Å². The van der Waals surface area contributed by atoms with Crippen LogP contribution < -0.4 is 4.90 Å². The Bertz CT molecular complexity index is 425. The minimum absolute atomic E-state index is 0.0410. The highest BCUT2D eigenvalue weighted by Gasteiger charge is 2.34. The summed E-state index contributed by atoms with van der Waals surface area (Å²) in [6, 6.07) is 1.37. The third kappa shape index (κ3) is 2.08. The zero-order valence-electron chi connectivity index (χ0n) is 10.8. The van der Waals surface area contributed by atoms with Crippen molar-refractivity contribution in [1.29, 1.82) is 0 Å². The number of aliphatic hydroxyl groups excluding tert-OH is 1. The smallest absolute Gasteiger partial charge is 0.147 e. The largest absolute Gasteiger partial charge is 0.390 e. The summed E-state index contributed by atoms with van der Waals surface area (Å²) >= 11 is 0. The Balaban J connectivity index is 1.80. The molecule has 1 aromatic rings. The van der Waals surface area contributed by atoms with Crippen molar-refractivity contribution >= 4 is 5.82 Å². The third-order valence-electron chi connectivity index (χ3n) is 4.31. The summed E-state index contributed by atoms with van der Waals surface area (Å²) in [6.07, 6.45) is 7.23. The van der Waals surface area contributed by atoms with Crippen LogP contribution in [0.4, 0.5) is 5.82 Å². The van der Waals surface area contributed by atoms with Gasteiger partial charge in [-0.25, -0.2) is 4.98 Å². The van der Waals surface area contributed by atoms with Crippen molar-refractivity contribution in [1.82, 2.24) is 14.9 Å². The summed E-state index contributed by atoms with van der Waals surface area (Å²) in [5, 5.41) is 9.13. The summed E-state index contributed by atoms with van der Waals surface area (Å²) < 4.78 is 0. The molecule has 0 aliphatic carbocycles. The van der Waals surface area contributed by atoms with Gasteiger partial charge in [-0.3, -0.25) is 9.88 Å². The van der Waals surface area contributed by atoms with Crippen LogP contribution in [-0.2, 0) is 6.61 Å². The zero-order valence-corrected chi connectivity index (χ0v) is 10.8. The van der Waals surface area contributed by atoms with Crippen LogP contribution in [0, 0.1) is 0 Å². The molecule has 18 heavy (non-hydrogen) atoms. The number of nitrogens with zero attached hydrogens (tertiary/aromatic N) is 4. The Kier molecular flexibility index (Phi) is 3.18. The van der Waals surface area contributed by atoms with Crippen LogP contribution >= 0.6 is 0 Å². The standard InChI is InChI=1S/C13H20N4O/c1-16-11-2-3-12(16)8-17(5-4-11)13-7-14-6-10(9-18)15-13/h6-7,11-12,18H,2-5,8-9H2,1H3. The summed E-state index contributed by atoms with van der Waals surface area (Å²) in [7, 11) is 2.24. The van der Waals surface area contributed by atoms with Crippen molar-refractivity contribution in [2.45, 2.75) is 38.0 Å². The second kappa shape index (κ2) is 4.82. The van der Waals surface area contributed by atoms with Crippen LogP contribution in [0.1, 0.15) is 25.0 Å². The van der Waals surface area contributed by atoms with Crippen LogP contribution in [0.5, 0.6) is 0 Å². The lowest BCUT2D eigenvalue weighted by Gasteiger charge is -2.26. The van der Waals surface area contributed by atoms with Gasteiger partial charge < -0.3 is 10.0 Å². The molecule has 0 aromatic carbocycles. The van der Waals surface area contributed by atoms with E-state index in [2.05, 4.69) is 26.8 Å². The van der Waals surface area contributed by atoms with E-state index in [0.717, 1.165) is 24.9 Å². The lowest BCUT2D eigenvalue weighted by molar-refractivity contribution is 0.254. The summed E-state index contributed by atoms with van der Waals surface area (Å²) in [4.78, 5) is 13.5. The molecule has 2 unspecified atom stereocenters. The Morgan fingerprint density at radius 3 is 2.94 bits per heavy atom. The number of fused-ring (bicyclic) bond motifs is 2. The van der Waals surface area contributed by atoms with Crippen LogP contribution in [-0.4, -0.2) is 52.2 Å². The number of aromatic nitrogens is 2. The molecule has 2 fully saturated rings. The SMILES string of the molecule is CN1C2CCC1CN(c1cncc(CO)n1)CC2. The van der Waals surface area contributed by atoms with Crippen molar-refractivity contribution in [2.24, 2.45) is 0 Å². The number of aliphatic hydroxyl groups is 1. The van der Waals surface area contributed by atoms with E-state index in [4.69, 9.17) is 5.11 Å². The Morgan fingerprint density at radius 2 is 2.11 bits per heavy atom. The van der Waals surface area contributed by atoms with Gasteiger partial charge in [-0.1, -0.05) is 0 Å². The number of likely N-dealkylation sites (N-methyl/N-ethyl adjacent to an activating group) is 1. The molecule has 1 N–H and O–H groups in total. The van der Waals surface area contributed by atoms with Gasteiger partial charge in [0.2, 0.25) is 0 Å². The monoisotopic (exact) mass is 248 g/mol. The van der Waals surface area contributed by atoms with Gasteiger partial charge in [0.15, 0.2) is 0 Å². The first-order valence-electron chi connectivity index (χ1n) is 6.66. The van der Waals surface area contributed by atoms with Gasteiger partial charge in [-0.2, -0.15) is 0 Å². The van der Waals surface area contributed by atoms with Crippen LogP contribution in [0.25, 0.3) is 0 Å². The highest BCUT2D eigenvalue weighted by Crippen LogP contribution is 2.29. The normalized spacial score (nSPS) is 28.4. The van der Waals surface area contributed by atoms with E-state index in [9.17, 15) is 0 Å². The molecular formula is C13H20N4O. The van der Waals surface area contributed by atoms with Crippen molar-refractivity contribution in [2.75, 3.05) is 25.0 Å². The minimum atomic E-state index is -0.0410. The Hall–Kier alpha value is -1.20. The molecular weight excluding hydrogens is 228 g/mol. The quantitative estimate of drug-likeness (QED) is 0.832. The van der Waals surface area contributed by atoms with Crippen LogP contribution in [0.15, 0.2) is 12.4 Å². The zero-order chi connectivity index (χ0) is 12.5. The van der Waals surface area contributed by atoms with E-state index in [1.165, 1.54) is 19.3 Å². The molecule has 0 spiro atoms.